The van der Waals surface area contributed by atoms with Crippen molar-refractivity contribution in [3.05, 3.63) is 65.2 Å². The van der Waals surface area contributed by atoms with Crippen LogP contribution in [0.3, 0.4) is 0 Å². The Morgan fingerprint density at radius 2 is 1.88 bits per heavy atom. The number of hydrogen-bond acceptors (Lipinski definition) is 6. The quantitative estimate of drug-likeness (QED) is 0.582. The first-order chi connectivity index (χ1) is 12.2. The molecule has 0 saturated heterocycles. The Bertz CT molecular complexity index is 962. The standard InChI is InChI=1S/C18H16FNO5S/c1-3-13-8-14(12(2)21)9-15(10-20)18(13)11-24-16-4-6-17(7-5-16)25-26(19,22)23/h4-9,21H,2-3,11H2,1H3. The van der Waals surface area contributed by atoms with E-state index in [1.807, 2.05) is 6.92 Å². The van der Waals surface area contributed by atoms with Gasteiger partial charge in [-0.15, -0.1) is 0 Å². The molecule has 0 fully saturated rings. The lowest BCUT2D eigenvalue weighted by Gasteiger charge is -2.14. The first-order valence-electron chi connectivity index (χ1n) is 7.54. The molecule has 8 heteroatoms. The van der Waals surface area contributed by atoms with Gasteiger partial charge in [-0.3, -0.25) is 0 Å². The fourth-order valence-electron chi connectivity index (χ4n) is 2.35. The highest BCUT2D eigenvalue weighted by molar-refractivity contribution is 7.81. The molecule has 0 aromatic heterocycles. The lowest BCUT2D eigenvalue weighted by Crippen LogP contribution is -2.05. The molecule has 2 aromatic rings. The van der Waals surface area contributed by atoms with Gasteiger partial charge in [-0.1, -0.05) is 17.4 Å². The van der Waals surface area contributed by atoms with Gasteiger partial charge in [0, 0.05) is 11.1 Å². The third-order valence-corrected chi connectivity index (χ3v) is 3.97. The first kappa shape index (κ1) is 19.3. The second-order valence-corrected chi connectivity index (χ2v) is 6.26. The molecule has 0 aliphatic rings. The second-order valence-electron chi connectivity index (χ2n) is 5.31. The van der Waals surface area contributed by atoms with Gasteiger partial charge in [0.15, 0.2) is 0 Å². The lowest BCUT2D eigenvalue weighted by atomic mass is 9.96. The topological polar surface area (TPSA) is 96.6 Å². The van der Waals surface area contributed by atoms with Gasteiger partial charge in [-0.25, -0.2) is 0 Å². The second kappa shape index (κ2) is 7.89. The molecular weight excluding hydrogens is 361 g/mol. The Kier molecular flexibility index (Phi) is 5.85. The Hall–Kier alpha value is -3.05. The minimum absolute atomic E-state index is 0.0892. The summed E-state index contributed by atoms with van der Waals surface area (Å²) in [5.74, 6) is 0.0786. The number of ether oxygens (including phenoxy) is 1. The molecule has 0 bridgehead atoms. The summed E-state index contributed by atoms with van der Waals surface area (Å²) in [5.41, 5.74) is 2.33. The van der Waals surface area contributed by atoms with Crippen LogP contribution in [-0.4, -0.2) is 13.5 Å². The average molecular weight is 377 g/mol. The Balaban J connectivity index is 2.21. The van der Waals surface area contributed by atoms with Gasteiger partial charge in [0.2, 0.25) is 0 Å². The summed E-state index contributed by atoms with van der Waals surface area (Å²) in [6, 6.07) is 10.7. The molecule has 2 aromatic carbocycles. The fourth-order valence-corrected chi connectivity index (χ4v) is 2.69. The van der Waals surface area contributed by atoms with Crippen LogP contribution in [0.2, 0.25) is 0 Å². The summed E-state index contributed by atoms with van der Waals surface area (Å²) in [7, 11) is -5.08. The molecular formula is C18H16FNO5S. The van der Waals surface area contributed by atoms with E-state index in [1.54, 1.807) is 6.07 Å². The highest BCUT2D eigenvalue weighted by Crippen LogP contribution is 2.25. The maximum absolute atomic E-state index is 12.5. The highest BCUT2D eigenvalue weighted by Gasteiger charge is 2.13. The summed E-state index contributed by atoms with van der Waals surface area (Å²) in [5, 5.41) is 18.9. The Morgan fingerprint density at radius 1 is 1.27 bits per heavy atom. The van der Waals surface area contributed by atoms with Gasteiger partial charge in [-0.2, -0.15) is 13.7 Å². The Labute approximate surface area is 151 Å². The van der Waals surface area contributed by atoms with E-state index in [-0.39, 0.29) is 18.1 Å². The van der Waals surface area contributed by atoms with E-state index in [1.165, 1.54) is 30.3 Å². The summed E-state index contributed by atoms with van der Waals surface area (Å²) >= 11 is 0. The summed E-state index contributed by atoms with van der Waals surface area (Å²) in [4.78, 5) is 0. The zero-order valence-corrected chi connectivity index (χ0v) is 14.7. The van der Waals surface area contributed by atoms with Crippen LogP contribution < -0.4 is 8.92 Å². The molecule has 6 nitrogen and oxygen atoms in total. The minimum Gasteiger partial charge on any atom is -0.508 e. The zero-order chi connectivity index (χ0) is 19.3. The molecule has 0 atom stereocenters. The molecule has 2 rings (SSSR count). The normalized spacial score (nSPS) is 10.8. The van der Waals surface area contributed by atoms with Crippen molar-refractivity contribution in [2.24, 2.45) is 0 Å². The maximum Gasteiger partial charge on any atom is 0.488 e. The van der Waals surface area contributed by atoms with Crippen LogP contribution in [0, 0.1) is 11.3 Å². The van der Waals surface area contributed by atoms with Crippen molar-refractivity contribution in [2.75, 3.05) is 0 Å². The van der Waals surface area contributed by atoms with E-state index in [9.17, 15) is 22.7 Å². The van der Waals surface area contributed by atoms with Crippen LogP contribution >= 0.6 is 0 Å². The van der Waals surface area contributed by atoms with Gasteiger partial charge in [0.05, 0.1) is 11.6 Å². The van der Waals surface area contributed by atoms with E-state index in [0.717, 1.165) is 5.56 Å². The van der Waals surface area contributed by atoms with Crippen molar-refractivity contribution in [2.45, 2.75) is 20.0 Å². The molecule has 0 aliphatic heterocycles. The summed E-state index contributed by atoms with van der Waals surface area (Å²) in [6.45, 7) is 5.47. The number of aliphatic hydroxyl groups is 1. The average Bonchev–Trinajstić information content (AvgIpc) is 2.59. The number of nitrogens with zero attached hydrogens (tertiary/aromatic N) is 1. The van der Waals surface area contributed by atoms with Crippen molar-refractivity contribution in [3.8, 4) is 17.6 Å². The number of aliphatic hydroxyl groups excluding tert-OH is 1. The predicted molar refractivity (Wildman–Crippen MR) is 93.6 cm³/mol. The number of halogens is 1. The third-order valence-electron chi connectivity index (χ3n) is 3.58. The first-order valence-corrected chi connectivity index (χ1v) is 8.85. The molecule has 0 amide bonds. The van der Waals surface area contributed by atoms with Crippen LogP contribution in [0.15, 0.2) is 43.0 Å². The van der Waals surface area contributed by atoms with E-state index >= 15 is 0 Å². The van der Waals surface area contributed by atoms with Gasteiger partial charge >= 0.3 is 10.5 Å². The van der Waals surface area contributed by atoms with Crippen molar-refractivity contribution < 1.29 is 26.3 Å². The molecule has 0 spiro atoms. The maximum atomic E-state index is 12.5. The van der Waals surface area contributed by atoms with Crippen LogP contribution in [0.5, 0.6) is 11.5 Å². The minimum atomic E-state index is -5.08. The van der Waals surface area contributed by atoms with E-state index in [0.29, 0.717) is 28.9 Å². The third kappa shape index (κ3) is 4.97. The van der Waals surface area contributed by atoms with Crippen LogP contribution in [0.1, 0.15) is 29.2 Å². The highest BCUT2D eigenvalue weighted by atomic mass is 32.3. The smallest absolute Gasteiger partial charge is 0.488 e. The molecule has 1 N–H and O–H groups in total. The van der Waals surface area contributed by atoms with Gasteiger partial charge < -0.3 is 14.0 Å². The molecule has 0 unspecified atom stereocenters. The summed E-state index contributed by atoms with van der Waals surface area (Å²) in [6.07, 6.45) is 0.621. The van der Waals surface area contributed by atoms with Crippen molar-refractivity contribution >= 4 is 16.3 Å². The molecule has 0 aliphatic carbocycles. The van der Waals surface area contributed by atoms with Gasteiger partial charge in [-0.05, 0) is 48.4 Å². The van der Waals surface area contributed by atoms with Crippen LogP contribution in [0.25, 0.3) is 5.76 Å². The largest absolute Gasteiger partial charge is 0.508 e. The number of rotatable bonds is 7. The molecule has 0 radical (unpaired) electrons. The number of nitriles is 1. The molecule has 136 valence electrons. The van der Waals surface area contributed by atoms with Gasteiger partial charge in [0.25, 0.3) is 0 Å². The van der Waals surface area contributed by atoms with E-state index in [4.69, 9.17) is 4.74 Å². The van der Waals surface area contributed by atoms with E-state index in [2.05, 4.69) is 16.8 Å². The fraction of sp³-hybridized carbons (Fsp3) is 0.167. The SMILES string of the molecule is C=C(O)c1cc(C#N)c(COc2ccc(OS(=O)(=O)F)cc2)c(CC)c1. The van der Waals surface area contributed by atoms with Gasteiger partial charge in [0.1, 0.15) is 23.9 Å². The van der Waals surface area contributed by atoms with Crippen LogP contribution in [-0.2, 0) is 23.5 Å². The number of aryl methyl sites for hydroxylation is 1. The Morgan fingerprint density at radius 3 is 2.38 bits per heavy atom. The zero-order valence-electron chi connectivity index (χ0n) is 13.9. The van der Waals surface area contributed by atoms with Crippen LogP contribution in [0.4, 0.5) is 3.89 Å². The van der Waals surface area contributed by atoms with Crippen molar-refractivity contribution in [1.82, 2.24) is 0 Å². The van der Waals surface area contributed by atoms with Crippen molar-refractivity contribution in [3.63, 3.8) is 0 Å². The number of hydrogen-bond donors (Lipinski definition) is 1. The molecule has 26 heavy (non-hydrogen) atoms. The van der Waals surface area contributed by atoms with Crippen molar-refractivity contribution in [1.29, 1.82) is 5.26 Å². The van der Waals surface area contributed by atoms with E-state index < -0.39 is 10.5 Å². The summed E-state index contributed by atoms with van der Waals surface area (Å²) < 4.78 is 43.1. The molecule has 0 heterocycles. The lowest BCUT2D eigenvalue weighted by molar-refractivity contribution is 0.304. The predicted octanol–water partition coefficient (Wildman–Crippen LogP) is 3.82. The monoisotopic (exact) mass is 377 g/mol. The number of benzene rings is 2. The molecule has 0 saturated carbocycles.